The number of fused-ring (bicyclic) bond motifs is 1. The predicted molar refractivity (Wildman–Crippen MR) is 79.7 cm³/mol. The van der Waals surface area contributed by atoms with Gasteiger partial charge in [0, 0.05) is 16.0 Å². The fourth-order valence-corrected chi connectivity index (χ4v) is 2.47. The maximum Gasteiger partial charge on any atom is 0.161 e. The molecule has 0 saturated heterocycles. The van der Waals surface area contributed by atoms with E-state index < -0.39 is 0 Å². The van der Waals surface area contributed by atoms with Crippen molar-refractivity contribution in [2.24, 2.45) is 0 Å². The minimum Gasteiger partial charge on any atom is -0.228 e. The van der Waals surface area contributed by atoms with E-state index >= 15 is 0 Å². The summed E-state index contributed by atoms with van der Waals surface area (Å²) in [5.74, 6) is 0.170. The van der Waals surface area contributed by atoms with E-state index in [0.717, 1.165) is 16.5 Å². The third-order valence-electron chi connectivity index (χ3n) is 3.04. The Morgan fingerprint density at radius 2 is 1.80 bits per heavy atom. The SMILES string of the molecule is Cc1cc(F)ccc1-c1nc(Cl)c2ccc(Cl)cc2n1. The first-order valence-electron chi connectivity index (χ1n) is 5.94. The van der Waals surface area contributed by atoms with Gasteiger partial charge in [-0.25, -0.2) is 14.4 Å². The lowest BCUT2D eigenvalue weighted by Crippen LogP contribution is -1.94. The van der Waals surface area contributed by atoms with Crippen molar-refractivity contribution in [3.8, 4) is 11.4 Å². The minimum absolute atomic E-state index is 0.291. The second-order valence-electron chi connectivity index (χ2n) is 4.46. The molecule has 100 valence electrons. The van der Waals surface area contributed by atoms with Gasteiger partial charge in [-0.15, -0.1) is 0 Å². The molecule has 2 nitrogen and oxygen atoms in total. The van der Waals surface area contributed by atoms with Gasteiger partial charge in [0.05, 0.1) is 5.52 Å². The van der Waals surface area contributed by atoms with Crippen LogP contribution in [-0.4, -0.2) is 9.97 Å². The summed E-state index contributed by atoms with van der Waals surface area (Å²) in [6, 6.07) is 9.71. The molecule has 1 aromatic heterocycles. The zero-order valence-corrected chi connectivity index (χ0v) is 12.0. The lowest BCUT2D eigenvalue weighted by Gasteiger charge is -2.07. The zero-order valence-electron chi connectivity index (χ0n) is 10.5. The summed E-state index contributed by atoms with van der Waals surface area (Å²) in [4.78, 5) is 8.74. The molecule has 5 heteroatoms. The van der Waals surface area contributed by atoms with Gasteiger partial charge in [0.2, 0.25) is 0 Å². The first-order chi connectivity index (χ1) is 9.54. The van der Waals surface area contributed by atoms with Crippen LogP contribution < -0.4 is 0 Å². The normalized spacial score (nSPS) is 11.0. The fourth-order valence-electron chi connectivity index (χ4n) is 2.06. The molecule has 0 saturated carbocycles. The molecule has 0 bridgehead atoms. The largest absolute Gasteiger partial charge is 0.228 e. The van der Waals surface area contributed by atoms with Crippen molar-refractivity contribution < 1.29 is 4.39 Å². The molecule has 3 rings (SSSR count). The summed E-state index contributed by atoms with van der Waals surface area (Å²) in [7, 11) is 0. The van der Waals surface area contributed by atoms with Crippen LogP contribution in [0.1, 0.15) is 5.56 Å². The lowest BCUT2D eigenvalue weighted by atomic mass is 10.1. The topological polar surface area (TPSA) is 25.8 Å². The Kier molecular flexibility index (Phi) is 3.32. The number of halogens is 3. The van der Waals surface area contributed by atoms with Crippen LogP contribution in [0.15, 0.2) is 36.4 Å². The second kappa shape index (κ2) is 5.00. The molecular weight excluding hydrogens is 298 g/mol. The third kappa shape index (κ3) is 2.35. The van der Waals surface area contributed by atoms with Crippen LogP contribution in [0, 0.1) is 12.7 Å². The molecule has 1 heterocycles. The minimum atomic E-state index is -0.291. The van der Waals surface area contributed by atoms with Crippen LogP contribution in [0.25, 0.3) is 22.3 Å². The molecule has 0 unspecified atom stereocenters. The van der Waals surface area contributed by atoms with Crippen LogP contribution in [0.4, 0.5) is 4.39 Å². The van der Waals surface area contributed by atoms with Crippen LogP contribution in [0.2, 0.25) is 10.2 Å². The number of aryl methyl sites for hydroxylation is 1. The second-order valence-corrected chi connectivity index (χ2v) is 5.25. The summed E-state index contributed by atoms with van der Waals surface area (Å²) in [5, 5.41) is 1.67. The molecule has 0 radical (unpaired) electrons. The van der Waals surface area contributed by atoms with Crippen LogP contribution >= 0.6 is 23.2 Å². The van der Waals surface area contributed by atoms with E-state index in [4.69, 9.17) is 23.2 Å². The molecule has 20 heavy (non-hydrogen) atoms. The van der Waals surface area contributed by atoms with E-state index in [1.54, 1.807) is 31.2 Å². The fraction of sp³-hybridized carbons (Fsp3) is 0.0667. The Balaban J connectivity index is 2.26. The molecule has 0 aliphatic heterocycles. The molecule has 2 aromatic carbocycles. The van der Waals surface area contributed by atoms with Gasteiger partial charge in [0.15, 0.2) is 5.82 Å². The Hall–Kier alpha value is -1.71. The van der Waals surface area contributed by atoms with Gasteiger partial charge in [-0.3, -0.25) is 0 Å². The zero-order chi connectivity index (χ0) is 14.3. The first kappa shape index (κ1) is 13.3. The van der Waals surface area contributed by atoms with Gasteiger partial charge < -0.3 is 0 Å². The van der Waals surface area contributed by atoms with Crippen LogP contribution in [0.5, 0.6) is 0 Å². The van der Waals surface area contributed by atoms with E-state index in [-0.39, 0.29) is 5.82 Å². The number of rotatable bonds is 1. The predicted octanol–water partition coefficient (Wildman–Crippen LogP) is 5.05. The summed E-state index contributed by atoms with van der Waals surface area (Å²) in [5.41, 5.74) is 2.16. The van der Waals surface area contributed by atoms with Gasteiger partial charge in [0.1, 0.15) is 11.0 Å². The Morgan fingerprint density at radius 1 is 1.00 bits per heavy atom. The van der Waals surface area contributed by atoms with E-state index in [1.807, 2.05) is 0 Å². The maximum absolute atomic E-state index is 13.2. The number of hydrogen-bond acceptors (Lipinski definition) is 2. The standard InChI is InChI=1S/C15H9Cl2FN2/c1-8-6-10(18)3-5-11(8)15-19-13-7-9(16)2-4-12(13)14(17)20-15/h2-7H,1H3. The van der Waals surface area contributed by atoms with Crippen molar-refractivity contribution in [2.45, 2.75) is 6.92 Å². The van der Waals surface area contributed by atoms with Crippen molar-refractivity contribution in [3.63, 3.8) is 0 Å². The Labute approximate surface area is 125 Å². The molecule has 0 fully saturated rings. The average Bonchev–Trinajstić information content (AvgIpc) is 2.37. The van der Waals surface area contributed by atoms with Crippen LogP contribution in [0.3, 0.4) is 0 Å². The van der Waals surface area contributed by atoms with E-state index in [0.29, 0.717) is 21.5 Å². The molecule has 0 amide bonds. The maximum atomic E-state index is 13.2. The van der Waals surface area contributed by atoms with Gasteiger partial charge in [0.25, 0.3) is 0 Å². The quantitative estimate of drug-likeness (QED) is 0.588. The van der Waals surface area contributed by atoms with Gasteiger partial charge in [-0.2, -0.15) is 0 Å². The van der Waals surface area contributed by atoms with E-state index in [1.165, 1.54) is 12.1 Å². The summed E-state index contributed by atoms with van der Waals surface area (Å²) < 4.78 is 13.2. The molecule has 0 N–H and O–H groups in total. The van der Waals surface area contributed by atoms with Crippen molar-refractivity contribution in [1.82, 2.24) is 9.97 Å². The van der Waals surface area contributed by atoms with Gasteiger partial charge in [-0.1, -0.05) is 23.2 Å². The molecule has 0 aliphatic carbocycles. The monoisotopic (exact) mass is 306 g/mol. The Bertz CT molecular complexity index is 818. The first-order valence-corrected chi connectivity index (χ1v) is 6.69. The Morgan fingerprint density at radius 3 is 2.55 bits per heavy atom. The highest BCUT2D eigenvalue weighted by Crippen LogP contribution is 2.28. The average molecular weight is 307 g/mol. The number of benzene rings is 2. The molecule has 0 atom stereocenters. The van der Waals surface area contributed by atoms with Gasteiger partial charge >= 0.3 is 0 Å². The van der Waals surface area contributed by atoms with Gasteiger partial charge in [-0.05, 0) is 48.9 Å². The molecule has 3 aromatic rings. The molecule has 0 aliphatic rings. The number of nitrogens with zero attached hydrogens (tertiary/aromatic N) is 2. The third-order valence-corrected chi connectivity index (χ3v) is 3.57. The van der Waals surface area contributed by atoms with Crippen molar-refractivity contribution in [1.29, 1.82) is 0 Å². The smallest absolute Gasteiger partial charge is 0.161 e. The number of aromatic nitrogens is 2. The highest BCUT2D eigenvalue weighted by Gasteiger charge is 2.10. The summed E-state index contributed by atoms with van der Waals surface area (Å²) in [6.07, 6.45) is 0. The number of hydrogen-bond donors (Lipinski definition) is 0. The highest BCUT2D eigenvalue weighted by molar-refractivity contribution is 6.35. The van der Waals surface area contributed by atoms with E-state index in [2.05, 4.69) is 9.97 Å². The van der Waals surface area contributed by atoms with Crippen molar-refractivity contribution >= 4 is 34.1 Å². The molecule has 0 spiro atoms. The van der Waals surface area contributed by atoms with E-state index in [9.17, 15) is 4.39 Å². The highest BCUT2D eigenvalue weighted by atomic mass is 35.5. The summed E-state index contributed by atoms with van der Waals surface area (Å²) >= 11 is 12.1. The van der Waals surface area contributed by atoms with Crippen molar-refractivity contribution in [3.05, 3.63) is 58.0 Å². The molecular formula is C15H9Cl2FN2. The lowest BCUT2D eigenvalue weighted by molar-refractivity contribution is 0.627. The van der Waals surface area contributed by atoms with Crippen molar-refractivity contribution in [2.75, 3.05) is 0 Å². The van der Waals surface area contributed by atoms with Crippen LogP contribution in [-0.2, 0) is 0 Å². The summed E-state index contributed by atoms with van der Waals surface area (Å²) in [6.45, 7) is 1.80.